The van der Waals surface area contributed by atoms with E-state index < -0.39 is 6.43 Å². The van der Waals surface area contributed by atoms with E-state index in [4.69, 9.17) is 0 Å². The van der Waals surface area contributed by atoms with E-state index in [1.807, 2.05) is 6.92 Å². The summed E-state index contributed by atoms with van der Waals surface area (Å²) in [4.78, 5) is 1.64. The van der Waals surface area contributed by atoms with Gasteiger partial charge in [0.15, 0.2) is 0 Å². The Bertz CT molecular complexity index is 93.6. The highest BCUT2D eigenvalue weighted by atomic mass is 19.3. The zero-order valence-corrected chi connectivity index (χ0v) is 6.19. The molecular weight excluding hydrogens is 136 g/mol. The highest BCUT2D eigenvalue weighted by molar-refractivity contribution is 4.72. The van der Waals surface area contributed by atoms with Crippen LogP contribution in [0.2, 0.25) is 0 Å². The lowest BCUT2D eigenvalue weighted by Crippen LogP contribution is -2.28. The van der Waals surface area contributed by atoms with E-state index in [2.05, 4.69) is 6.58 Å². The van der Waals surface area contributed by atoms with E-state index in [9.17, 15) is 8.78 Å². The summed E-state index contributed by atoms with van der Waals surface area (Å²) < 4.78 is 23.4. The van der Waals surface area contributed by atoms with Crippen molar-refractivity contribution >= 4 is 0 Å². The molecule has 0 aromatic rings. The fourth-order valence-electron chi connectivity index (χ4n) is 0.710. The van der Waals surface area contributed by atoms with Crippen LogP contribution in [0.5, 0.6) is 0 Å². The molecule has 0 aromatic carbocycles. The fourth-order valence-corrected chi connectivity index (χ4v) is 0.710. The van der Waals surface area contributed by atoms with E-state index in [0.29, 0.717) is 13.1 Å². The summed E-state index contributed by atoms with van der Waals surface area (Å²) in [6, 6.07) is 0. The Morgan fingerprint density at radius 1 is 1.60 bits per heavy atom. The van der Waals surface area contributed by atoms with Gasteiger partial charge in [0.05, 0.1) is 6.54 Å². The second-order valence-corrected chi connectivity index (χ2v) is 2.03. The average Bonchev–Trinajstić information content (AvgIpc) is 1.86. The lowest BCUT2D eigenvalue weighted by molar-refractivity contribution is 0.0963. The number of halogens is 2. The van der Waals surface area contributed by atoms with E-state index >= 15 is 0 Å². The molecule has 0 atom stereocenters. The number of hydrogen-bond acceptors (Lipinski definition) is 1. The van der Waals surface area contributed by atoms with Crippen molar-refractivity contribution in [2.24, 2.45) is 0 Å². The number of hydrogen-bond donors (Lipinski definition) is 0. The maximum absolute atomic E-state index is 11.7. The first-order valence-electron chi connectivity index (χ1n) is 3.32. The molecule has 0 amide bonds. The van der Waals surface area contributed by atoms with Crippen LogP contribution in [0.3, 0.4) is 0 Å². The van der Waals surface area contributed by atoms with Gasteiger partial charge in [0.2, 0.25) is 0 Å². The quantitative estimate of drug-likeness (QED) is 0.538. The second kappa shape index (κ2) is 5.35. The number of likely N-dealkylation sites (N-methyl/N-ethyl adjacent to an activating group) is 1. The molecule has 0 saturated carbocycles. The van der Waals surface area contributed by atoms with Gasteiger partial charge in [-0.15, -0.1) is 6.58 Å². The third-order valence-corrected chi connectivity index (χ3v) is 1.23. The highest BCUT2D eigenvalue weighted by Gasteiger charge is 2.07. The monoisotopic (exact) mass is 149 g/mol. The molecule has 0 rings (SSSR count). The van der Waals surface area contributed by atoms with Crippen LogP contribution in [0.4, 0.5) is 8.78 Å². The van der Waals surface area contributed by atoms with Gasteiger partial charge in [-0.2, -0.15) is 0 Å². The highest BCUT2D eigenvalue weighted by Crippen LogP contribution is 1.96. The van der Waals surface area contributed by atoms with Gasteiger partial charge in [-0.05, 0) is 6.54 Å². The van der Waals surface area contributed by atoms with Crippen molar-refractivity contribution in [3.8, 4) is 0 Å². The molecule has 0 aliphatic carbocycles. The maximum atomic E-state index is 11.7. The van der Waals surface area contributed by atoms with Crippen molar-refractivity contribution in [1.29, 1.82) is 0 Å². The van der Waals surface area contributed by atoms with Crippen molar-refractivity contribution in [3.05, 3.63) is 12.7 Å². The lowest BCUT2D eigenvalue weighted by atomic mass is 10.4. The van der Waals surface area contributed by atoms with Crippen molar-refractivity contribution < 1.29 is 8.78 Å². The van der Waals surface area contributed by atoms with Crippen LogP contribution in [0.25, 0.3) is 0 Å². The van der Waals surface area contributed by atoms with Crippen LogP contribution in [0.15, 0.2) is 12.7 Å². The van der Waals surface area contributed by atoms with E-state index in [-0.39, 0.29) is 6.54 Å². The van der Waals surface area contributed by atoms with Crippen molar-refractivity contribution in [1.82, 2.24) is 4.90 Å². The summed E-state index contributed by atoms with van der Waals surface area (Å²) in [6.45, 7) is 6.36. The van der Waals surface area contributed by atoms with Crippen molar-refractivity contribution in [2.45, 2.75) is 13.3 Å². The molecule has 0 spiro atoms. The number of nitrogens with zero attached hydrogens (tertiary/aromatic N) is 1. The smallest absolute Gasteiger partial charge is 0.251 e. The Morgan fingerprint density at radius 2 is 2.20 bits per heavy atom. The zero-order valence-electron chi connectivity index (χ0n) is 6.19. The third-order valence-electron chi connectivity index (χ3n) is 1.23. The molecule has 0 bridgehead atoms. The van der Waals surface area contributed by atoms with Gasteiger partial charge in [-0.1, -0.05) is 13.0 Å². The minimum Gasteiger partial charge on any atom is -0.294 e. The summed E-state index contributed by atoms with van der Waals surface area (Å²) in [5.74, 6) is 0. The predicted molar refractivity (Wildman–Crippen MR) is 38.3 cm³/mol. The van der Waals surface area contributed by atoms with Crippen LogP contribution in [-0.2, 0) is 0 Å². The maximum Gasteiger partial charge on any atom is 0.251 e. The van der Waals surface area contributed by atoms with Crippen LogP contribution >= 0.6 is 0 Å². The fraction of sp³-hybridized carbons (Fsp3) is 0.714. The first-order chi connectivity index (χ1) is 4.70. The molecule has 0 heterocycles. The summed E-state index contributed by atoms with van der Waals surface area (Å²) >= 11 is 0. The molecule has 0 fully saturated rings. The van der Waals surface area contributed by atoms with E-state index in [1.165, 1.54) is 0 Å². The topological polar surface area (TPSA) is 3.24 Å². The molecule has 60 valence electrons. The van der Waals surface area contributed by atoms with Gasteiger partial charge in [0.1, 0.15) is 0 Å². The van der Waals surface area contributed by atoms with Gasteiger partial charge < -0.3 is 0 Å². The average molecular weight is 149 g/mol. The van der Waals surface area contributed by atoms with Gasteiger partial charge >= 0.3 is 0 Å². The summed E-state index contributed by atoms with van der Waals surface area (Å²) in [6.07, 6.45) is -0.605. The van der Waals surface area contributed by atoms with Gasteiger partial charge in [0.25, 0.3) is 6.43 Å². The molecule has 1 nitrogen and oxygen atoms in total. The number of alkyl halides is 2. The first-order valence-corrected chi connectivity index (χ1v) is 3.32. The third kappa shape index (κ3) is 4.44. The molecule has 0 radical (unpaired) electrons. The number of rotatable bonds is 5. The normalized spacial score (nSPS) is 10.9. The molecule has 0 aromatic heterocycles. The molecule has 3 heteroatoms. The standard InChI is InChI=1S/C7H13F2N/c1-3-5-10(4-2)6-7(8)9/h3,7H,1,4-6H2,2H3. The lowest BCUT2D eigenvalue weighted by Gasteiger charge is -2.16. The Balaban J connectivity index is 3.48. The molecule has 0 N–H and O–H groups in total. The Hall–Kier alpha value is -0.440. The minimum atomic E-state index is -2.24. The van der Waals surface area contributed by atoms with Gasteiger partial charge in [-0.25, -0.2) is 8.78 Å². The Kier molecular flexibility index (Phi) is 5.12. The molecule has 10 heavy (non-hydrogen) atoms. The molecule has 0 aliphatic heterocycles. The summed E-state index contributed by atoms with van der Waals surface area (Å²) in [7, 11) is 0. The first kappa shape index (κ1) is 9.56. The van der Waals surface area contributed by atoms with Gasteiger partial charge in [0, 0.05) is 6.54 Å². The zero-order chi connectivity index (χ0) is 7.98. The Labute approximate surface area is 60.3 Å². The largest absolute Gasteiger partial charge is 0.294 e. The van der Waals surface area contributed by atoms with E-state index in [0.717, 1.165) is 0 Å². The molecule has 0 saturated heterocycles. The van der Waals surface area contributed by atoms with Crippen LogP contribution in [-0.4, -0.2) is 31.0 Å². The summed E-state index contributed by atoms with van der Waals surface area (Å²) in [5.41, 5.74) is 0. The summed E-state index contributed by atoms with van der Waals surface area (Å²) in [5, 5.41) is 0. The van der Waals surface area contributed by atoms with Crippen LogP contribution < -0.4 is 0 Å². The second-order valence-electron chi connectivity index (χ2n) is 2.03. The van der Waals surface area contributed by atoms with Crippen molar-refractivity contribution in [2.75, 3.05) is 19.6 Å². The van der Waals surface area contributed by atoms with E-state index in [1.54, 1.807) is 11.0 Å². The van der Waals surface area contributed by atoms with Crippen LogP contribution in [0.1, 0.15) is 6.92 Å². The minimum absolute atomic E-state index is 0.150. The predicted octanol–water partition coefficient (Wildman–Crippen LogP) is 1.76. The SMILES string of the molecule is C=CCN(CC)CC(F)F. The van der Waals surface area contributed by atoms with Crippen molar-refractivity contribution in [3.63, 3.8) is 0 Å². The molecule has 0 aliphatic rings. The molecule has 0 unspecified atom stereocenters. The Morgan fingerprint density at radius 3 is 2.50 bits per heavy atom. The van der Waals surface area contributed by atoms with Gasteiger partial charge in [-0.3, -0.25) is 4.90 Å². The van der Waals surface area contributed by atoms with Crippen LogP contribution in [0, 0.1) is 0 Å². The molecular formula is C7H13F2N.